The van der Waals surface area contributed by atoms with Crippen molar-refractivity contribution in [3.8, 4) is 0 Å². The first-order chi connectivity index (χ1) is 7.38. The molecule has 2 rings (SSSR count). The van der Waals surface area contributed by atoms with E-state index in [1.165, 1.54) is 32.3 Å². The van der Waals surface area contributed by atoms with E-state index in [1.54, 1.807) is 0 Å². The van der Waals surface area contributed by atoms with E-state index < -0.39 is 0 Å². The fourth-order valence-corrected chi connectivity index (χ4v) is 3.18. The maximum absolute atomic E-state index is 6.44. The fraction of sp³-hybridized carbons (Fsp3) is 0.538. The van der Waals surface area contributed by atoms with E-state index in [9.17, 15) is 0 Å². The highest BCUT2D eigenvalue weighted by Gasteiger charge is 2.37. The van der Waals surface area contributed by atoms with E-state index in [1.807, 2.05) is 0 Å². The van der Waals surface area contributed by atoms with E-state index >= 15 is 0 Å². The monoisotopic (exact) mass is 282 g/mol. The van der Waals surface area contributed by atoms with Crippen LogP contribution >= 0.6 is 15.9 Å². The zero-order valence-electron chi connectivity index (χ0n) is 10.4. The van der Waals surface area contributed by atoms with Crippen LogP contribution in [-0.4, -0.2) is 13.1 Å². The summed E-state index contributed by atoms with van der Waals surface area (Å²) in [5.74, 6) is 0. The summed E-state index contributed by atoms with van der Waals surface area (Å²) in [7, 11) is 0. The molecule has 1 aromatic rings. The summed E-state index contributed by atoms with van der Waals surface area (Å²) in [6, 6.07) is 0. The number of rotatable bonds is 1. The van der Waals surface area contributed by atoms with Crippen molar-refractivity contribution >= 4 is 15.9 Å². The molecule has 3 N–H and O–H groups in total. The average Bonchev–Trinajstić information content (AvgIpc) is 2.21. The Morgan fingerprint density at radius 3 is 1.75 bits per heavy atom. The molecule has 0 aromatic heterocycles. The van der Waals surface area contributed by atoms with Gasteiger partial charge in [-0.2, -0.15) is 0 Å². The Hall–Kier alpha value is -0.380. The molecule has 1 heterocycles. The predicted octanol–water partition coefficient (Wildman–Crippen LogP) is 2.44. The summed E-state index contributed by atoms with van der Waals surface area (Å²) >= 11 is 3.67. The molecule has 1 aliphatic rings. The lowest BCUT2D eigenvalue weighted by Crippen LogP contribution is -2.63. The Balaban J connectivity index is 2.70. The van der Waals surface area contributed by atoms with Gasteiger partial charge < -0.3 is 11.1 Å². The topological polar surface area (TPSA) is 38.0 Å². The van der Waals surface area contributed by atoms with Crippen LogP contribution in [0.2, 0.25) is 0 Å². The second-order valence-electron chi connectivity index (χ2n) is 4.95. The third-order valence-electron chi connectivity index (χ3n) is 3.91. The molecule has 0 bridgehead atoms. The molecule has 1 aromatic carbocycles. The minimum absolute atomic E-state index is 0.162. The van der Waals surface area contributed by atoms with Gasteiger partial charge in [-0.3, -0.25) is 0 Å². The Labute approximate surface area is 106 Å². The van der Waals surface area contributed by atoms with Crippen LogP contribution in [0.1, 0.15) is 27.8 Å². The first kappa shape index (κ1) is 12.1. The van der Waals surface area contributed by atoms with Crippen LogP contribution in [0.15, 0.2) is 4.47 Å². The molecule has 0 saturated carbocycles. The highest BCUT2D eigenvalue weighted by Crippen LogP contribution is 2.36. The van der Waals surface area contributed by atoms with Crippen LogP contribution in [0.3, 0.4) is 0 Å². The summed E-state index contributed by atoms with van der Waals surface area (Å²) in [6.45, 7) is 10.4. The summed E-state index contributed by atoms with van der Waals surface area (Å²) in [6.07, 6.45) is 0. The summed E-state index contributed by atoms with van der Waals surface area (Å²) in [5, 5.41) is 3.27. The molecule has 88 valence electrons. The number of benzene rings is 1. The van der Waals surface area contributed by atoms with Crippen molar-refractivity contribution in [3.05, 3.63) is 32.3 Å². The minimum atomic E-state index is -0.162. The van der Waals surface area contributed by atoms with Gasteiger partial charge >= 0.3 is 0 Å². The average molecular weight is 283 g/mol. The lowest BCUT2D eigenvalue weighted by atomic mass is 9.78. The molecule has 0 atom stereocenters. The maximum Gasteiger partial charge on any atom is 0.0667 e. The molecular weight excluding hydrogens is 264 g/mol. The Kier molecular flexibility index (Phi) is 2.89. The van der Waals surface area contributed by atoms with Gasteiger partial charge in [-0.25, -0.2) is 0 Å². The first-order valence-corrected chi connectivity index (χ1v) is 6.43. The van der Waals surface area contributed by atoms with E-state index in [0.717, 1.165) is 13.1 Å². The standard InChI is InChI=1S/C13H19BrN2/c1-7-9(3)12(14)10(4)8(2)11(7)13(15)5-16-6-13/h16H,5-6,15H2,1-4H3. The second kappa shape index (κ2) is 3.83. The van der Waals surface area contributed by atoms with Crippen LogP contribution in [-0.2, 0) is 5.54 Å². The van der Waals surface area contributed by atoms with Crippen molar-refractivity contribution in [2.75, 3.05) is 13.1 Å². The third-order valence-corrected chi connectivity index (χ3v) is 5.10. The van der Waals surface area contributed by atoms with Crippen molar-refractivity contribution in [3.63, 3.8) is 0 Å². The van der Waals surface area contributed by atoms with Crippen molar-refractivity contribution in [1.82, 2.24) is 5.32 Å². The largest absolute Gasteiger partial charge is 0.319 e. The van der Waals surface area contributed by atoms with Crippen LogP contribution in [0, 0.1) is 27.7 Å². The zero-order valence-corrected chi connectivity index (χ0v) is 12.0. The van der Waals surface area contributed by atoms with Gasteiger partial charge in [0.2, 0.25) is 0 Å². The molecule has 0 unspecified atom stereocenters. The van der Waals surface area contributed by atoms with E-state index in [-0.39, 0.29) is 5.54 Å². The quantitative estimate of drug-likeness (QED) is 0.830. The van der Waals surface area contributed by atoms with Crippen molar-refractivity contribution < 1.29 is 0 Å². The second-order valence-corrected chi connectivity index (χ2v) is 5.74. The van der Waals surface area contributed by atoms with Crippen molar-refractivity contribution in [2.24, 2.45) is 5.73 Å². The van der Waals surface area contributed by atoms with Gasteiger partial charge in [-0.05, 0) is 55.5 Å². The molecule has 1 aliphatic heterocycles. The van der Waals surface area contributed by atoms with Gasteiger partial charge in [0, 0.05) is 17.6 Å². The van der Waals surface area contributed by atoms with Gasteiger partial charge in [0.1, 0.15) is 0 Å². The SMILES string of the molecule is Cc1c(C)c(C2(N)CNC2)c(C)c(C)c1Br. The van der Waals surface area contributed by atoms with Gasteiger partial charge in [0.25, 0.3) is 0 Å². The molecule has 3 heteroatoms. The molecule has 0 amide bonds. The first-order valence-electron chi connectivity index (χ1n) is 5.64. The zero-order chi connectivity index (χ0) is 12.1. The van der Waals surface area contributed by atoms with Gasteiger partial charge in [-0.15, -0.1) is 0 Å². The summed E-state index contributed by atoms with van der Waals surface area (Å²) in [4.78, 5) is 0. The Morgan fingerprint density at radius 1 is 1.00 bits per heavy atom. The smallest absolute Gasteiger partial charge is 0.0667 e. The minimum Gasteiger partial charge on any atom is -0.319 e. The number of hydrogen-bond donors (Lipinski definition) is 2. The van der Waals surface area contributed by atoms with Crippen molar-refractivity contribution in [1.29, 1.82) is 0 Å². The molecule has 1 saturated heterocycles. The molecule has 2 nitrogen and oxygen atoms in total. The number of nitrogens with two attached hydrogens (primary N) is 1. The molecule has 0 spiro atoms. The third kappa shape index (κ3) is 1.53. The molecule has 0 radical (unpaired) electrons. The summed E-state index contributed by atoms with van der Waals surface area (Å²) < 4.78 is 1.22. The highest BCUT2D eigenvalue weighted by atomic mass is 79.9. The Morgan fingerprint density at radius 2 is 1.44 bits per heavy atom. The normalized spacial score (nSPS) is 18.4. The highest BCUT2D eigenvalue weighted by molar-refractivity contribution is 9.10. The molecule has 0 aliphatic carbocycles. The van der Waals surface area contributed by atoms with Crippen LogP contribution < -0.4 is 11.1 Å². The van der Waals surface area contributed by atoms with Crippen LogP contribution in [0.25, 0.3) is 0 Å². The van der Waals surface area contributed by atoms with Gasteiger partial charge in [0.05, 0.1) is 5.54 Å². The lowest BCUT2D eigenvalue weighted by molar-refractivity contribution is 0.284. The van der Waals surface area contributed by atoms with E-state index in [4.69, 9.17) is 5.73 Å². The number of halogens is 1. The molecule has 16 heavy (non-hydrogen) atoms. The molecular formula is C13H19BrN2. The van der Waals surface area contributed by atoms with E-state index in [2.05, 4.69) is 48.9 Å². The van der Waals surface area contributed by atoms with Crippen molar-refractivity contribution in [2.45, 2.75) is 33.2 Å². The summed E-state index contributed by atoms with van der Waals surface area (Å²) in [5.41, 5.74) is 12.9. The van der Waals surface area contributed by atoms with Crippen LogP contribution in [0.4, 0.5) is 0 Å². The van der Waals surface area contributed by atoms with E-state index in [0.29, 0.717) is 0 Å². The maximum atomic E-state index is 6.44. The van der Waals surface area contributed by atoms with Gasteiger partial charge in [-0.1, -0.05) is 15.9 Å². The molecule has 1 fully saturated rings. The number of nitrogens with one attached hydrogen (secondary N) is 1. The Bertz CT molecular complexity index is 419. The predicted molar refractivity (Wildman–Crippen MR) is 71.8 cm³/mol. The van der Waals surface area contributed by atoms with Crippen LogP contribution in [0.5, 0.6) is 0 Å². The van der Waals surface area contributed by atoms with Gasteiger partial charge in [0.15, 0.2) is 0 Å². The lowest BCUT2D eigenvalue weighted by Gasteiger charge is -2.42. The fourth-order valence-electron chi connectivity index (χ4n) is 2.58. The number of hydrogen-bond acceptors (Lipinski definition) is 2.